The number of carbonyl (C=O) groups excluding carboxylic acids is 3. The van der Waals surface area contributed by atoms with E-state index in [4.69, 9.17) is 9.47 Å². The topological polar surface area (TPSA) is 97.0 Å². The summed E-state index contributed by atoms with van der Waals surface area (Å²) in [5.41, 5.74) is 6.94. The van der Waals surface area contributed by atoms with Gasteiger partial charge in [-0.1, -0.05) is 60.7 Å². The minimum Gasteiger partial charge on any atom is -0.483 e. The van der Waals surface area contributed by atoms with Gasteiger partial charge in [-0.25, -0.2) is 0 Å². The van der Waals surface area contributed by atoms with E-state index in [9.17, 15) is 14.4 Å². The largest absolute Gasteiger partial charge is 0.483 e. The first kappa shape index (κ1) is 20.9. The lowest BCUT2D eigenvalue weighted by Crippen LogP contribution is -2.50. The predicted molar refractivity (Wildman–Crippen MR) is 118 cm³/mol. The van der Waals surface area contributed by atoms with E-state index in [1.165, 1.54) is 4.90 Å². The number of nitrogens with one attached hydrogen (secondary N) is 2. The van der Waals surface area contributed by atoms with Crippen LogP contribution in [0.2, 0.25) is 0 Å². The van der Waals surface area contributed by atoms with Gasteiger partial charge >= 0.3 is 0 Å². The third-order valence-corrected chi connectivity index (χ3v) is 4.78. The van der Waals surface area contributed by atoms with Crippen molar-refractivity contribution in [3.8, 4) is 22.6 Å². The maximum atomic E-state index is 12.3. The van der Waals surface area contributed by atoms with Crippen molar-refractivity contribution >= 4 is 23.4 Å². The summed E-state index contributed by atoms with van der Waals surface area (Å²) in [6, 6.07) is 24.0. The molecule has 0 unspecified atom stereocenters. The van der Waals surface area contributed by atoms with Gasteiger partial charge in [-0.15, -0.1) is 0 Å². The van der Waals surface area contributed by atoms with Crippen LogP contribution in [0, 0.1) is 0 Å². The van der Waals surface area contributed by atoms with E-state index in [2.05, 4.69) is 10.9 Å². The highest BCUT2D eigenvalue weighted by Gasteiger charge is 2.27. The van der Waals surface area contributed by atoms with Crippen LogP contribution in [0.15, 0.2) is 78.9 Å². The van der Waals surface area contributed by atoms with Crippen molar-refractivity contribution < 1.29 is 23.9 Å². The lowest BCUT2D eigenvalue weighted by Gasteiger charge is -2.28. The molecule has 0 atom stereocenters. The molecule has 1 aliphatic rings. The molecule has 0 saturated heterocycles. The average Bonchev–Trinajstić information content (AvgIpc) is 2.84. The van der Waals surface area contributed by atoms with Crippen molar-refractivity contribution in [3.05, 3.63) is 78.9 Å². The zero-order valence-electron chi connectivity index (χ0n) is 17.1. The second-order valence-electron chi connectivity index (χ2n) is 6.98. The number of benzene rings is 3. The van der Waals surface area contributed by atoms with Gasteiger partial charge < -0.3 is 9.47 Å². The number of rotatable bonds is 6. The Morgan fingerprint density at radius 3 is 2.41 bits per heavy atom. The molecular formula is C24H21N3O5. The summed E-state index contributed by atoms with van der Waals surface area (Å²) in [7, 11) is 0. The van der Waals surface area contributed by atoms with Gasteiger partial charge in [0.25, 0.3) is 17.7 Å². The maximum absolute atomic E-state index is 12.3. The zero-order chi connectivity index (χ0) is 22.3. The summed E-state index contributed by atoms with van der Waals surface area (Å²) in [5, 5.41) is 0. The lowest BCUT2D eigenvalue weighted by molar-refractivity contribution is -0.130. The van der Waals surface area contributed by atoms with Crippen molar-refractivity contribution in [1.82, 2.24) is 10.9 Å². The van der Waals surface area contributed by atoms with Crippen molar-refractivity contribution in [2.45, 2.75) is 0 Å². The number of para-hydroxylation sites is 3. The van der Waals surface area contributed by atoms with Crippen LogP contribution in [-0.2, 0) is 14.4 Å². The number of carbonyl (C=O) groups is 3. The predicted octanol–water partition coefficient (Wildman–Crippen LogP) is 2.31. The highest BCUT2D eigenvalue weighted by molar-refractivity contribution is 6.02. The van der Waals surface area contributed by atoms with Gasteiger partial charge in [0, 0.05) is 5.56 Å². The Bertz CT molecular complexity index is 1130. The Morgan fingerprint density at radius 1 is 0.875 bits per heavy atom. The fourth-order valence-electron chi connectivity index (χ4n) is 3.28. The molecule has 0 aliphatic carbocycles. The molecule has 0 spiro atoms. The Morgan fingerprint density at radius 2 is 1.56 bits per heavy atom. The van der Waals surface area contributed by atoms with Gasteiger partial charge in [-0.2, -0.15) is 0 Å². The summed E-state index contributed by atoms with van der Waals surface area (Å²) in [6.45, 7) is -0.689. The van der Waals surface area contributed by atoms with E-state index in [0.29, 0.717) is 17.2 Å². The first-order chi connectivity index (χ1) is 15.6. The van der Waals surface area contributed by atoms with E-state index in [1.807, 2.05) is 48.5 Å². The summed E-state index contributed by atoms with van der Waals surface area (Å²) in [5.74, 6) is -0.348. The highest BCUT2D eigenvalue weighted by atomic mass is 16.5. The van der Waals surface area contributed by atoms with E-state index in [1.54, 1.807) is 30.3 Å². The molecule has 8 nitrogen and oxygen atoms in total. The second kappa shape index (κ2) is 9.65. The molecule has 8 heteroatoms. The third kappa shape index (κ3) is 4.86. The molecule has 1 aliphatic heterocycles. The Balaban J connectivity index is 1.30. The fraction of sp³-hybridized carbons (Fsp3) is 0.125. The number of nitrogens with zero attached hydrogens (tertiary/aromatic N) is 1. The normalized spacial score (nSPS) is 12.4. The molecule has 4 rings (SSSR count). The van der Waals surface area contributed by atoms with Crippen LogP contribution in [0.4, 0.5) is 5.69 Å². The first-order valence-electron chi connectivity index (χ1n) is 9.99. The van der Waals surface area contributed by atoms with Crippen LogP contribution in [-0.4, -0.2) is 37.5 Å². The number of fused-ring (bicyclic) bond motifs is 1. The van der Waals surface area contributed by atoms with E-state index in [-0.39, 0.29) is 25.7 Å². The summed E-state index contributed by atoms with van der Waals surface area (Å²) in [4.78, 5) is 37.9. The number of hydrazine groups is 1. The fourth-order valence-corrected chi connectivity index (χ4v) is 3.28. The second-order valence-corrected chi connectivity index (χ2v) is 6.98. The molecule has 162 valence electrons. The van der Waals surface area contributed by atoms with E-state index >= 15 is 0 Å². The lowest BCUT2D eigenvalue weighted by atomic mass is 10.1. The number of ether oxygens (including phenoxy) is 2. The van der Waals surface area contributed by atoms with E-state index < -0.39 is 11.8 Å². The van der Waals surface area contributed by atoms with Crippen molar-refractivity contribution in [2.24, 2.45) is 0 Å². The number of anilines is 1. The minimum absolute atomic E-state index is 0.148. The molecule has 0 bridgehead atoms. The third-order valence-electron chi connectivity index (χ3n) is 4.78. The Kier molecular flexibility index (Phi) is 6.31. The van der Waals surface area contributed by atoms with Crippen LogP contribution >= 0.6 is 0 Å². The molecule has 0 radical (unpaired) electrons. The van der Waals surface area contributed by atoms with Crippen LogP contribution in [0.3, 0.4) is 0 Å². The monoisotopic (exact) mass is 431 g/mol. The molecule has 0 aromatic heterocycles. The van der Waals surface area contributed by atoms with Crippen LogP contribution in [0.1, 0.15) is 0 Å². The van der Waals surface area contributed by atoms with Crippen LogP contribution < -0.4 is 25.2 Å². The average molecular weight is 431 g/mol. The van der Waals surface area contributed by atoms with Gasteiger partial charge in [0.2, 0.25) is 0 Å². The minimum atomic E-state index is -0.548. The summed E-state index contributed by atoms with van der Waals surface area (Å²) >= 11 is 0. The molecule has 1 heterocycles. The smallest absolute Gasteiger partial charge is 0.276 e. The van der Waals surface area contributed by atoms with Crippen molar-refractivity contribution in [3.63, 3.8) is 0 Å². The highest BCUT2D eigenvalue weighted by Crippen LogP contribution is 2.31. The standard InChI is InChI=1S/C24H21N3O5/c28-22(14-27-19-11-5-7-13-21(19)32-16-24(27)30)25-26-23(29)15-31-20-12-6-4-10-18(20)17-8-2-1-3-9-17/h1-13H,14-16H2,(H,25,28)(H,26,29). The molecule has 2 N–H and O–H groups in total. The van der Waals surface area contributed by atoms with Gasteiger partial charge in [0.05, 0.1) is 5.69 Å². The van der Waals surface area contributed by atoms with Crippen LogP contribution in [0.5, 0.6) is 11.5 Å². The summed E-state index contributed by atoms with van der Waals surface area (Å²) < 4.78 is 11.0. The molecule has 3 aromatic rings. The number of hydrogen-bond acceptors (Lipinski definition) is 5. The molecule has 3 aromatic carbocycles. The van der Waals surface area contributed by atoms with Crippen molar-refractivity contribution in [1.29, 1.82) is 0 Å². The molecular weight excluding hydrogens is 410 g/mol. The SMILES string of the molecule is O=C(COc1ccccc1-c1ccccc1)NNC(=O)CN1C(=O)COc2ccccc21. The number of amides is 3. The maximum Gasteiger partial charge on any atom is 0.276 e. The van der Waals surface area contributed by atoms with Gasteiger partial charge in [0.15, 0.2) is 13.2 Å². The molecule has 32 heavy (non-hydrogen) atoms. The molecule has 0 saturated carbocycles. The van der Waals surface area contributed by atoms with Gasteiger partial charge in [-0.05, 0) is 23.8 Å². The van der Waals surface area contributed by atoms with Crippen LogP contribution in [0.25, 0.3) is 11.1 Å². The molecule has 0 fully saturated rings. The summed E-state index contributed by atoms with van der Waals surface area (Å²) in [6.07, 6.45) is 0. The molecule has 3 amide bonds. The number of hydrogen-bond donors (Lipinski definition) is 2. The van der Waals surface area contributed by atoms with Crippen molar-refractivity contribution in [2.75, 3.05) is 24.7 Å². The first-order valence-corrected chi connectivity index (χ1v) is 9.99. The van der Waals surface area contributed by atoms with Gasteiger partial charge in [-0.3, -0.25) is 30.1 Å². The van der Waals surface area contributed by atoms with E-state index in [0.717, 1.165) is 11.1 Å². The Hall–Kier alpha value is -4.33. The zero-order valence-corrected chi connectivity index (χ0v) is 17.1. The quantitative estimate of drug-likeness (QED) is 0.584. The Labute approximate surface area is 184 Å². The van der Waals surface area contributed by atoms with Gasteiger partial charge in [0.1, 0.15) is 18.0 Å².